The maximum absolute atomic E-state index is 12.0. The number of carbonyl (C=O) groups excluding carboxylic acids is 2. The van der Waals surface area contributed by atoms with E-state index in [0.717, 1.165) is 17.7 Å². The fourth-order valence-corrected chi connectivity index (χ4v) is 3.17. The molecule has 1 fully saturated rings. The van der Waals surface area contributed by atoms with Crippen LogP contribution in [0.4, 0.5) is 5.69 Å². The molecule has 5 nitrogen and oxygen atoms in total. The largest absolute Gasteiger partial charge is 0.368 e. The van der Waals surface area contributed by atoms with Crippen LogP contribution >= 0.6 is 0 Å². The van der Waals surface area contributed by atoms with Gasteiger partial charge in [-0.05, 0) is 50.3 Å². The average Bonchev–Trinajstić information content (AvgIpc) is 2.55. The van der Waals surface area contributed by atoms with Gasteiger partial charge in [-0.3, -0.25) is 9.59 Å². The second-order valence-corrected chi connectivity index (χ2v) is 7.26. The van der Waals surface area contributed by atoms with Gasteiger partial charge >= 0.3 is 0 Å². The molecule has 1 saturated carbocycles. The fourth-order valence-electron chi connectivity index (χ4n) is 3.17. The van der Waals surface area contributed by atoms with Gasteiger partial charge in [0.2, 0.25) is 11.8 Å². The Balaban J connectivity index is 1.76. The molecule has 1 aliphatic carbocycles. The standard InChI is InChI=1S/C20H30N2O3/c1-14(2)21-19(23)12-16-8-10-17(11-9-16)22-20(24)13-25-18-7-5-4-6-15(18)3/h8-11,14-15,18H,4-7,12-13H2,1-3H3,(H,21,23)(H,22,24)/t15-,18+/m0/s1. The van der Waals surface area contributed by atoms with Gasteiger partial charge in [0.05, 0.1) is 12.5 Å². The van der Waals surface area contributed by atoms with E-state index in [1.165, 1.54) is 19.3 Å². The van der Waals surface area contributed by atoms with E-state index in [4.69, 9.17) is 4.74 Å². The Morgan fingerprint density at radius 2 is 1.80 bits per heavy atom. The molecule has 0 radical (unpaired) electrons. The van der Waals surface area contributed by atoms with Crippen molar-refractivity contribution in [2.45, 2.75) is 65.0 Å². The number of benzene rings is 1. The molecule has 2 atom stereocenters. The average molecular weight is 346 g/mol. The highest BCUT2D eigenvalue weighted by atomic mass is 16.5. The van der Waals surface area contributed by atoms with Crippen LogP contribution in [0.2, 0.25) is 0 Å². The van der Waals surface area contributed by atoms with Crippen molar-refractivity contribution in [3.05, 3.63) is 29.8 Å². The minimum atomic E-state index is -0.136. The van der Waals surface area contributed by atoms with Gasteiger partial charge in [0.1, 0.15) is 6.61 Å². The molecule has 25 heavy (non-hydrogen) atoms. The van der Waals surface area contributed by atoms with E-state index in [9.17, 15) is 9.59 Å². The molecule has 138 valence electrons. The number of hydrogen-bond acceptors (Lipinski definition) is 3. The molecule has 2 amide bonds. The molecule has 0 aliphatic heterocycles. The van der Waals surface area contributed by atoms with Gasteiger partial charge in [-0.15, -0.1) is 0 Å². The predicted molar refractivity (Wildman–Crippen MR) is 99.4 cm³/mol. The third-order valence-corrected chi connectivity index (χ3v) is 4.51. The van der Waals surface area contributed by atoms with E-state index in [1.807, 2.05) is 38.1 Å². The van der Waals surface area contributed by atoms with E-state index < -0.39 is 0 Å². The van der Waals surface area contributed by atoms with E-state index in [1.54, 1.807) is 0 Å². The number of ether oxygens (including phenoxy) is 1. The van der Waals surface area contributed by atoms with Crippen LogP contribution in [0.15, 0.2) is 24.3 Å². The summed E-state index contributed by atoms with van der Waals surface area (Å²) in [7, 11) is 0. The Kier molecular flexibility index (Phi) is 7.44. The summed E-state index contributed by atoms with van der Waals surface area (Å²) < 4.78 is 5.78. The van der Waals surface area contributed by atoms with E-state index in [2.05, 4.69) is 17.6 Å². The second-order valence-electron chi connectivity index (χ2n) is 7.26. The summed E-state index contributed by atoms with van der Waals surface area (Å²) in [4.78, 5) is 23.8. The number of nitrogens with one attached hydrogen (secondary N) is 2. The molecule has 2 rings (SSSR count). The molecule has 0 bridgehead atoms. The summed E-state index contributed by atoms with van der Waals surface area (Å²) in [6, 6.07) is 7.50. The van der Waals surface area contributed by atoms with Gasteiger partial charge in [0.25, 0.3) is 0 Å². The van der Waals surface area contributed by atoms with Crippen molar-refractivity contribution < 1.29 is 14.3 Å². The van der Waals surface area contributed by atoms with Crippen LogP contribution in [0.5, 0.6) is 0 Å². The SMILES string of the molecule is CC(C)NC(=O)Cc1ccc(NC(=O)CO[C@@H]2CCCC[C@@H]2C)cc1. The smallest absolute Gasteiger partial charge is 0.250 e. The normalized spacial score (nSPS) is 20.3. The summed E-state index contributed by atoms with van der Waals surface area (Å²) in [5.41, 5.74) is 1.64. The first-order valence-corrected chi connectivity index (χ1v) is 9.24. The Labute approximate surface area is 150 Å². The molecule has 5 heteroatoms. The molecule has 0 heterocycles. The van der Waals surface area contributed by atoms with E-state index in [-0.39, 0.29) is 30.6 Å². The van der Waals surface area contributed by atoms with Crippen molar-refractivity contribution in [3.63, 3.8) is 0 Å². The van der Waals surface area contributed by atoms with Crippen molar-refractivity contribution >= 4 is 17.5 Å². The molecular weight excluding hydrogens is 316 g/mol. The number of carbonyl (C=O) groups is 2. The lowest BCUT2D eigenvalue weighted by molar-refractivity contribution is -0.124. The van der Waals surface area contributed by atoms with Gasteiger partial charge in [-0.25, -0.2) is 0 Å². The summed E-state index contributed by atoms with van der Waals surface area (Å²) >= 11 is 0. The predicted octanol–water partition coefficient (Wildman–Crippen LogP) is 3.29. The minimum absolute atomic E-state index is 0.00165. The lowest BCUT2D eigenvalue weighted by Crippen LogP contribution is -2.31. The van der Waals surface area contributed by atoms with E-state index >= 15 is 0 Å². The first-order chi connectivity index (χ1) is 11.9. The van der Waals surface area contributed by atoms with Gasteiger partial charge < -0.3 is 15.4 Å². The molecule has 1 aromatic rings. The van der Waals surface area contributed by atoms with Crippen LogP contribution in [0.25, 0.3) is 0 Å². The quantitative estimate of drug-likeness (QED) is 0.796. The zero-order chi connectivity index (χ0) is 18.2. The molecule has 0 saturated heterocycles. The number of rotatable bonds is 7. The zero-order valence-corrected chi connectivity index (χ0v) is 15.5. The van der Waals surface area contributed by atoms with Crippen LogP contribution in [-0.2, 0) is 20.7 Å². The first kappa shape index (κ1) is 19.4. The van der Waals surface area contributed by atoms with Crippen molar-refractivity contribution in [2.75, 3.05) is 11.9 Å². The molecule has 1 aromatic carbocycles. The lowest BCUT2D eigenvalue weighted by Gasteiger charge is -2.28. The minimum Gasteiger partial charge on any atom is -0.368 e. The Hall–Kier alpha value is -1.88. The van der Waals surface area contributed by atoms with Crippen molar-refractivity contribution in [2.24, 2.45) is 5.92 Å². The van der Waals surface area contributed by atoms with Gasteiger partial charge in [0, 0.05) is 11.7 Å². The van der Waals surface area contributed by atoms with Crippen molar-refractivity contribution in [3.8, 4) is 0 Å². The Morgan fingerprint density at radius 3 is 2.44 bits per heavy atom. The van der Waals surface area contributed by atoms with Crippen LogP contribution in [0.1, 0.15) is 52.0 Å². The Bertz CT molecular complexity index is 569. The van der Waals surface area contributed by atoms with Gasteiger partial charge in [0.15, 0.2) is 0 Å². The highest BCUT2D eigenvalue weighted by molar-refractivity contribution is 5.91. The fraction of sp³-hybridized carbons (Fsp3) is 0.600. The molecule has 2 N–H and O–H groups in total. The Morgan fingerprint density at radius 1 is 1.12 bits per heavy atom. The summed E-state index contributed by atoms with van der Waals surface area (Å²) in [5.74, 6) is 0.391. The third kappa shape index (κ3) is 6.86. The first-order valence-electron chi connectivity index (χ1n) is 9.24. The van der Waals surface area contributed by atoms with Crippen LogP contribution in [0, 0.1) is 5.92 Å². The monoisotopic (exact) mass is 346 g/mol. The highest BCUT2D eigenvalue weighted by Gasteiger charge is 2.22. The van der Waals surface area contributed by atoms with Gasteiger partial charge in [-0.2, -0.15) is 0 Å². The topological polar surface area (TPSA) is 67.4 Å². The summed E-state index contributed by atoms with van der Waals surface area (Å²) in [5, 5.41) is 5.71. The molecular formula is C20H30N2O3. The van der Waals surface area contributed by atoms with Crippen LogP contribution in [0.3, 0.4) is 0 Å². The van der Waals surface area contributed by atoms with Crippen molar-refractivity contribution in [1.29, 1.82) is 0 Å². The van der Waals surface area contributed by atoms with Gasteiger partial charge in [-0.1, -0.05) is 31.9 Å². The maximum atomic E-state index is 12.0. The lowest BCUT2D eigenvalue weighted by atomic mass is 9.88. The van der Waals surface area contributed by atoms with Crippen LogP contribution < -0.4 is 10.6 Å². The second kappa shape index (κ2) is 9.56. The zero-order valence-electron chi connectivity index (χ0n) is 15.5. The molecule has 0 unspecified atom stereocenters. The van der Waals surface area contributed by atoms with E-state index in [0.29, 0.717) is 12.3 Å². The van der Waals surface area contributed by atoms with Crippen molar-refractivity contribution in [1.82, 2.24) is 5.32 Å². The maximum Gasteiger partial charge on any atom is 0.250 e. The number of anilines is 1. The molecule has 1 aliphatic rings. The summed E-state index contributed by atoms with van der Waals surface area (Å²) in [6.07, 6.45) is 5.20. The highest BCUT2D eigenvalue weighted by Crippen LogP contribution is 2.26. The number of amides is 2. The third-order valence-electron chi connectivity index (χ3n) is 4.51. The molecule has 0 aromatic heterocycles. The molecule has 0 spiro atoms. The summed E-state index contributed by atoms with van der Waals surface area (Å²) in [6.45, 7) is 6.16. The van der Waals surface area contributed by atoms with Crippen LogP contribution in [-0.4, -0.2) is 30.6 Å². The number of hydrogen-bond donors (Lipinski definition) is 2.